The van der Waals surface area contributed by atoms with Crippen molar-refractivity contribution in [3.8, 4) is 5.75 Å². The van der Waals surface area contributed by atoms with Crippen LogP contribution < -0.4 is 10.1 Å². The number of amides is 1. The summed E-state index contributed by atoms with van der Waals surface area (Å²) < 4.78 is 8.70. The number of anilines is 1. The van der Waals surface area contributed by atoms with E-state index in [1.165, 1.54) is 10.9 Å². The Labute approximate surface area is 173 Å². The molecule has 30 heavy (non-hydrogen) atoms. The first kappa shape index (κ1) is 21.0. The molecule has 10 nitrogen and oxygen atoms in total. The van der Waals surface area contributed by atoms with Crippen LogP contribution in [-0.4, -0.2) is 30.4 Å². The molecule has 2 heterocycles. The fourth-order valence-corrected chi connectivity index (χ4v) is 3.25. The van der Waals surface area contributed by atoms with Gasteiger partial charge in [0.05, 0.1) is 23.0 Å². The lowest BCUT2D eigenvalue weighted by molar-refractivity contribution is -0.386. The van der Waals surface area contributed by atoms with Gasteiger partial charge in [0.1, 0.15) is 23.2 Å². The van der Waals surface area contributed by atoms with E-state index < -0.39 is 11.0 Å². The smallest absolute Gasteiger partial charge is 0.312 e. The van der Waals surface area contributed by atoms with Crippen molar-refractivity contribution < 1.29 is 14.5 Å². The molecule has 1 amide bonds. The van der Waals surface area contributed by atoms with E-state index in [9.17, 15) is 14.9 Å². The van der Waals surface area contributed by atoms with E-state index in [4.69, 9.17) is 4.74 Å². The van der Waals surface area contributed by atoms with Gasteiger partial charge in [-0.2, -0.15) is 10.2 Å². The lowest BCUT2D eigenvalue weighted by atomic mass is 10.1. The first-order valence-electron chi connectivity index (χ1n) is 9.41. The summed E-state index contributed by atoms with van der Waals surface area (Å²) in [4.78, 5) is 23.3. The van der Waals surface area contributed by atoms with Gasteiger partial charge < -0.3 is 10.1 Å². The first-order valence-corrected chi connectivity index (χ1v) is 9.41. The van der Waals surface area contributed by atoms with E-state index in [1.54, 1.807) is 31.6 Å². The SMILES string of the molecule is Cc1ccc(OCn2cc(NC(=O)C(C)n3nc(C)c([N+](=O)[O-])c3C)cn2)c(C)c1. The van der Waals surface area contributed by atoms with E-state index in [0.29, 0.717) is 11.4 Å². The number of benzene rings is 1. The lowest BCUT2D eigenvalue weighted by Gasteiger charge is -2.13. The second-order valence-corrected chi connectivity index (χ2v) is 7.20. The van der Waals surface area contributed by atoms with Gasteiger partial charge in [-0.25, -0.2) is 4.68 Å². The van der Waals surface area contributed by atoms with Gasteiger partial charge in [-0.15, -0.1) is 0 Å². The maximum atomic E-state index is 12.6. The summed E-state index contributed by atoms with van der Waals surface area (Å²) in [5, 5.41) is 22.3. The Morgan fingerprint density at radius 3 is 2.67 bits per heavy atom. The molecular formula is C20H24N6O4. The number of carbonyl (C=O) groups excluding carboxylic acids is 1. The highest BCUT2D eigenvalue weighted by Crippen LogP contribution is 2.25. The number of carbonyl (C=O) groups is 1. The molecule has 1 N–H and O–H groups in total. The Hall–Kier alpha value is -3.69. The Bertz CT molecular complexity index is 1100. The third kappa shape index (κ3) is 4.32. The van der Waals surface area contributed by atoms with E-state index in [0.717, 1.165) is 16.9 Å². The molecule has 0 saturated heterocycles. The molecule has 0 bridgehead atoms. The number of aromatic nitrogens is 4. The zero-order chi connectivity index (χ0) is 22.0. The van der Waals surface area contributed by atoms with Gasteiger partial charge in [-0.1, -0.05) is 17.7 Å². The molecule has 0 saturated carbocycles. The van der Waals surface area contributed by atoms with Crippen LogP contribution in [0.5, 0.6) is 5.75 Å². The van der Waals surface area contributed by atoms with Crippen molar-refractivity contribution in [3.63, 3.8) is 0 Å². The van der Waals surface area contributed by atoms with Crippen molar-refractivity contribution in [1.82, 2.24) is 19.6 Å². The Balaban J connectivity index is 1.64. The molecule has 0 fully saturated rings. The monoisotopic (exact) mass is 412 g/mol. The van der Waals surface area contributed by atoms with Crippen LogP contribution in [0.15, 0.2) is 30.6 Å². The molecule has 3 rings (SSSR count). The molecule has 1 aromatic carbocycles. The molecule has 0 spiro atoms. The standard InChI is InChI=1S/C20H24N6O4/c1-12-6-7-18(13(2)8-12)30-11-24-10-17(9-21-24)22-20(27)16(5)25-15(4)19(26(28)29)14(3)23-25/h6-10,16H,11H2,1-5H3,(H,22,27). The highest BCUT2D eigenvalue weighted by atomic mass is 16.6. The summed E-state index contributed by atoms with van der Waals surface area (Å²) in [5.41, 5.74) is 3.21. The summed E-state index contributed by atoms with van der Waals surface area (Å²) in [7, 11) is 0. The van der Waals surface area contributed by atoms with Gasteiger partial charge >= 0.3 is 5.69 Å². The number of nitrogens with zero attached hydrogens (tertiary/aromatic N) is 5. The van der Waals surface area contributed by atoms with Gasteiger partial charge in [-0.3, -0.25) is 19.6 Å². The molecule has 0 aliphatic heterocycles. The quantitative estimate of drug-likeness (QED) is 0.469. The highest BCUT2D eigenvalue weighted by Gasteiger charge is 2.27. The van der Waals surface area contributed by atoms with Crippen LogP contribution in [0.3, 0.4) is 0 Å². The van der Waals surface area contributed by atoms with Crippen molar-refractivity contribution >= 4 is 17.3 Å². The second-order valence-electron chi connectivity index (χ2n) is 7.20. The Morgan fingerprint density at radius 2 is 2.03 bits per heavy atom. The molecule has 0 aliphatic rings. The van der Waals surface area contributed by atoms with Crippen molar-refractivity contribution in [3.05, 3.63) is 63.2 Å². The molecular weight excluding hydrogens is 388 g/mol. The van der Waals surface area contributed by atoms with Crippen LogP contribution in [0.25, 0.3) is 0 Å². The number of ether oxygens (including phenoxy) is 1. The van der Waals surface area contributed by atoms with Gasteiger partial charge in [-0.05, 0) is 46.2 Å². The minimum absolute atomic E-state index is 0.0778. The number of aryl methyl sites for hydroxylation is 3. The van der Waals surface area contributed by atoms with Gasteiger partial charge in [0.15, 0.2) is 6.73 Å². The maximum Gasteiger partial charge on any atom is 0.312 e. The molecule has 2 aromatic heterocycles. The average Bonchev–Trinajstić information content (AvgIpc) is 3.23. The summed E-state index contributed by atoms with van der Waals surface area (Å²) in [6.45, 7) is 8.94. The number of rotatable bonds is 7. The van der Waals surface area contributed by atoms with Gasteiger partial charge in [0, 0.05) is 0 Å². The Kier molecular flexibility index (Phi) is 5.86. The minimum Gasteiger partial charge on any atom is -0.471 e. The predicted octanol–water partition coefficient (Wildman–Crippen LogP) is 3.46. The van der Waals surface area contributed by atoms with Crippen LogP contribution in [0.2, 0.25) is 0 Å². The summed E-state index contributed by atoms with van der Waals surface area (Å²) >= 11 is 0. The van der Waals surface area contributed by atoms with E-state index in [-0.39, 0.29) is 24.0 Å². The zero-order valence-corrected chi connectivity index (χ0v) is 17.5. The van der Waals surface area contributed by atoms with Crippen molar-refractivity contribution in [2.75, 3.05) is 5.32 Å². The highest BCUT2D eigenvalue weighted by molar-refractivity contribution is 5.93. The number of nitro groups is 1. The predicted molar refractivity (Wildman–Crippen MR) is 110 cm³/mol. The van der Waals surface area contributed by atoms with Crippen LogP contribution >= 0.6 is 0 Å². The molecule has 0 radical (unpaired) electrons. The van der Waals surface area contributed by atoms with Crippen LogP contribution in [0, 0.1) is 37.8 Å². The number of hydrogen-bond acceptors (Lipinski definition) is 6. The van der Waals surface area contributed by atoms with Crippen molar-refractivity contribution in [1.29, 1.82) is 0 Å². The number of hydrogen-bond donors (Lipinski definition) is 1. The molecule has 10 heteroatoms. The molecule has 1 atom stereocenters. The Morgan fingerprint density at radius 1 is 1.30 bits per heavy atom. The lowest BCUT2D eigenvalue weighted by Crippen LogP contribution is -2.25. The second kappa shape index (κ2) is 8.36. The van der Waals surface area contributed by atoms with Crippen LogP contribution in [0.4, 0.5) is 11.4 Å². The minimum atomic E-state index is -0.729. The molecule has 3 aromatic rings. The molecule has 0 aliphatic carbocycles. The fourth-order valence-electron chi connectivity index (χ4n) is 3.25. The molecule has 158 valence electrons. The van der Waals surface area contributed by atoms with E-state index in [1.807, 2.05) is 32.0 Å². The van der Waals surface area contributed by atoms with Crippen molar-refractivity contribution in [2.24, 2.45) is 0 Å². The van der Waals surface area contributed by atoms with Gasteiger partial charge in [0.25, 0.3) is 0 Å². The van der Waals surface area contributed by atoms with E-state index >= 15 is 0 Å². The van der Waals surface area contributed by atoms with Crippen LogP contribution in [0.1, 0.15) is 35.5 Å². The summed E-state index contributed by atoms with van der Waals surface area (Å²) in [6.07, 6.45) is 3.16. The summed E-state index contributed by atoms with van der Waals surface area (Å²) in [6, 6.07) is 5.19. The third-order valence-corrected chi connectivity index (χ3v) is 4.80. The average molecular weight is 412 g/mol. The fraction of sp³-hybridized carbons (Fsp3) is 0.350. The normalized spacial score (nSPS) is 11.9. The zero-order valence-electron chi connectivity index (χ0n) is 17.5. The number of nitrogens with one attached hydrogen (secondary N) is 1. The van der Waals surface area contributed by atoms with Gasteiger partial charge in [0.2, 0.25) is 5.91 Å². The topological polar surface area (TPSA) is 117 Å². The third-order valence-electron chi connectivity index (χ3n) is 4.80. The molecule has 1 unspecified atom stereocenters. The van der Waals surface area contributed by atoms with Crippen molar-refractivity contribution in [2.45, 2.75) is 47.4 Å². The summed E-state index contributed by atoms with van der Waals surface area (Å²) in [5.74, 6) is 0.409. The van der Waals surface area contributed by atoms with E-state index in [2.05, 4.69) is 15.5 Å². The van der Waals surface area contributed by atoms with Crippen LogP contribution in [-0.2, 0) is 11.5 Å². The maximum absolute atomic E-state index is 12.6. The first-order chi connectivity index (χ1) is 14.2. The largest absolute Gasteiger partial charge is 0.471 e.